The van der Waals surface area contributed by atoms with Crippen LogP contribution in [-0.4, -0.2) is 37.2 Å². The van der Waals surface area contributed by atoms with Crippen LogP contribution < -0.4 is 5.32 Å². The zero-order valence-corrected chi connectivity index (χ0v) is 10.7. The van der Waals surface area contributed by atoms with E-state index >= 15 is 0 Å². The van der Waals surface area contributed by atoms with Crippen LogP contribution in [0.2, 0.25) is 0 Å². The van der Waals surface area contributed by atoms with E-state index in [9.17, 15) is 13.5 Å². The fourth-order valence-corrected chi connectivity index (χ4v) is 1.96. The van der Waals surface area contributed by atoms with Crippen molar-refractivity contribution in [1.29, 1.82) is 0 Å². The molecule has 0 fully saturated rings. The normalized spacial score (nSPS) is 13.5. The summed E-state index contributed by atoms with van der Waals surface area (Å²) >= 11 is 0. The average Bonchev–Trinajstić information content (AvgIpc) is 2.15. The molecule has 17 heavy (non-hydrogen) atoms. The van der Waals surface area contributed by atoms with Crippen LogP contribution >= 0.6 is 0 Å². The van der Waals surface area contributed by atoms with Crippen molar-refractivity contribution in [2.24, 2.45) is 0 Å². The van der Waals surface area contributed by atoms with E-state index in [1.807, 2.05) is 6.92 Å². The number of nitrogens with one attached hydrogen (secondary N) is 1. The monoisotopic (exact) mass is 259 g/mol. The van der Waals surface area contributed by atoms with E-state index in [1.54, 1.807) is 6.07 Å². The van der Waals surface area contributed by atoms with Crippen LogP contribution in [0.3, 0.4) is 0 Å². The lowest BCUT2D eigenvalue weighted by atomic mass is 10.1. The minimum absolute atomic E-state index is 0.00501. The van der Waals surface area contributed by atoms with Gasteiger partial charge in [0.2, 0.25) is 0 Å². The van der Waals surface area contributed by atoms with Gasteiger partial charge in [-0.2, -0.15) is 0 Å². The van der Waals surface area contributed by atoms with Crippen molar-refractivity contribution in [2.45, 2.75) is 13.0 Å². The number of aromatic hydroxyl groups is 2. The first-order valence-corrected chi connectivity index (χ1v) is 7.28. The minimum Gasteiger partial charge on any atom is -0.508 e. The van der Waals surface area contributed by atoms with Gasteiger partial charge in [0.05, 0.1) is 5.75 Å². The van der Waals surface area contributed by atoms with Gasteiger partial charge in [-0.25, -0.2) is 8.42 Å². The Hall–Kier alpha value is -1.27. The second kappa shape index (κ2) is 5.37. The van der Waals surface area contributed by atoms with Gasteiger partial charge >= 0.3 is 0 Å². The maximum atomic E-state index is 10.9. The molecule has 0 bridgehead atoms. The first-order valence-electron chi connectivity index (χ1n) is 5.22. The minimum atomic E-state index is -2.98. The molecular formula is C11H17NO4S. The third kappa shape index (κ3) is 4.62. The van der Waals surface area contributed by atoms with Crippen molar-refractivity contribution >= 4 is 9.84 Å². The Balaban J connectivity index is 2.61. The van der Waals surface area contributed by atoms with E-state index < -0.39 is 9.84 Å². The summed E-state index contributed by atoms with van der Waals surface area (Å²) in [5.74, 6) is 0.0369. The number of phenols is 2. The van der Waals surface area contributed by atoms with Crippen molar-refractivity contribution in [2.75, 3.05) is 18.6 Å². The Morgan fingerprint density at radius 1 is 1.35 bits per heavy atom. The molecular weight excluding hydrogens is 242 g/mol. The van der Waals surface area contributed by atoms with Crippen molar-refractivity contribution in [3.8, 4) is 11.5 Å². The van der Waals surface area contributed by atoms with Crippen LogP contribution in [0.1, 0.15) is 18.5 Å². The van der Waals surface area contributed by atoms with Gasteiger partial charge < -0.3 is 15.5 Å². The van der Waals surface area contributed by atoms with Gasteiger partial charge in [-0.05, 0) is 13.0 Å². The zero-order chi connectivity index (χ0) is 13.1. The maximum absolute atomic E-state index is 10.9. The molecule has 0 saturated heterocycles. The average molecular weight is 259 g/mol. The molecule has 0 heterocycles. The molecule has 6 heteroatoms. The van der Waals surface area contributed by atoms with Gasteiger partial charge in [-0.15, -0.1) is 0 Å². The molecule has 0 amide bonds. The lowest BCUT2D eigenvalue weighted by Crippen LogP contribution is -2.25. The smallest absolute Gasteiger partial charge is 0.148 e. The van der Waals surface area contributed by atoms with E-state index in [4.69, 9.17) is 5.11 Å². The highest BCUT2D eigenvalue weighted by molar-refractivity contribution is 7.90. The number of sulfone groups is 1. The predicted molar refractivity (Wildman–Crippen MR) is 65.9 cm³/mol. The summed E-state index contributed by atoms with van der Waals surface area (Å²) in [5.41, 5.74) is 0.622. The molecule has 1 aromatic rings. The number of hydrogen-bond acceptors (Lipinski definition) is 5. The standard InChI is InChI=1S/C11H17NO4S/c1-8(12-5-6-17(2,15)16)10-4-3-9(13)7-11(10)14/h3-4,7-8,12-14H,5-6H2,1-2H3. The number of benzene rings is 1. The van der Waals surface area contributed by atoms with E-state index in [0.717, 1.165) is 0 Å². The highest BCUT2D eigenvalue weighted by atomic mass is 32.2. The summed E-state index contributed by atoms with van der Waals surface area (Å²) < 4.78 is 21.9. The van der Waals surface area contributed by atoms with Crippen LogP contribution in [-0.2, 0) is 9.84 Å². The van der Waals surface area contributed by atoms with Gasteiger partial charge in [-0.1, -0.05) is 6.07 Å². The third-order valence-corrected chi connectivity index (χ3v) is 3.35. The predicted octanol–water partition coefficient (Wildman–Crippen LogP) is 0.793. The molecule has 0 aromatic heterocycles. The molecule has 1 atom stereocenters. The summed E-state index contributed by atoms with van der Waals surface area (Å²) in [4.78, 5) is 0. The number of rotatable bonds is 5. The fourth-order valence-electron chi connectivity index (χ4n) is 1.47. The summed E-state index contributed by atoms with van der Waals surface area (Å²) in [5, 5.41) is 21.7. The van der Waals surface area contributed by atoms with Crippen LogP contribution in [0.4, 0.5) is 0 Å². The maximum Gasteiger partial charge on any atom is 0.148 e. The van der Waals surface area contributed by atoms with Crippen LogP contribution in [0.25, 0.3) is 0 Å². The van der Waals surface area contributed by atoms with Gasteiger partial charge in [0.25, 0.3) is 0 Å². The zero-order valence-electron chi connectivity index (χ0n) is 9.84. The highest BCUT2D eigenvalue weighted by Crippen LogP contribution is 2.27. The Labute approximate surface area is 101 Å². The van der Waals surface area contributed by atoms with Crippen LogP contribution in [0.15, 0.2) is 18.2 Å². The van der Waals surface area contributed by atoms with E-state index in [1.165, 1.54) is 18.4 Å². The second-order valence-electron chi connectivity index (χ2n) is 4.05. The number of hydrogen-bond donors (Lipinski definition) is 3. The molecule has 0 spiro atoms. The fraction of sp³-hybridized carbons (Fsp3) is 0.455. The first-order chi connectivity index (χ1) is 7.79. The Kier molecular flexibility index (Phi) is 4.36. The summed E-state index contributed by atoms with van der Waals surface area (Å²) in [6.07, 6.45) is 1.18. The molecule has 0 radical (unpaired) electrons. The van der Waals surface area contributed by atoms with Crippen molar-refractivity contribution in [3.05, 3.63) is 23.8 Å². The quantitative estimate of drug-likeness (QED) is 0.728. The Morgan fingerprint density at radius 2 is 2.00 bits per heavy atom. The van der Waals surface area contributed by atoms with E-state index in [-0.39, 0.29) is 23.3 Å². The topological polar surface area (TPSA) is 86.6 Å². The molecule has 1 rings (SSSR count). The first kappa shape index (κ1) is 13.8. The Bertz CT molecular complexity index is 484. The van der Waals surface area contributed by atoms with Gasteiger partial charge in [0, 0.05) is 30.5 Å². The third-order valence-electron chi connectivity index (χ3n) is 2.40. The molecule has 0 aliphatic carbocycles. The SMILES string of the molecule is CC(NCCS(C)(=O)=O)c1ccc(O)cc1O. The van der Waals surface area contributed by atoms with Crippen molar-refractivity contribution in [1.82, 2.24) is 5.32 Å². The largest absolute Gasteiger partial charge is 0.508 e. The molecule has 0 aliphatic rings. The summed E-state index contributed by atoms with van der Waals surface area (Å²) in [6, 6.07) is 4.15. The van der Waals surface area contributed by atoms with Gasteiger partial charge in [0.1, 0.15) is 21.3 Å². The second-order valence-corrected chi connectivity index (χ2v) is 6.31. The van der Waals surface area contributed by atoms with E-state index in [2.05, 4.69) is 5.32 Å². The van der Waals surface area contributed by atoms with Crippen LogP contribution in [0.5, 0.6) is 11.5 Å². The lowest BCUT2D eigenvalue weighted by Gasteiger charge is -2.15. The lowest BCUT2D eigenvalue weighted by molar-refractivity contribution is 0.437. The highest BCUT2D eigenvalue weighted by Gasteiger charge is 2.11. The molecule has 1 aromatic carbocycles. The Morgan fingerprint density at radius 3 is 2.53 bits per heavy atom. The summed E-state index contributed by atoms with van der Waals surface area (Å²) in [7, 11) is -2.98. The number of phenolic OH excluding ortho intramolecular Hbond substituents is 2. The van der Waals surface area contributed by atoms with Crippen LogP contribution in [0, 0.1) is 0 Å². The van der Waals surface area contributed by atoms with E-state index in [0.29, 0.717) is 12.1 Å². The molecule has 96 valence electrons. The van der Waals surface area contributed by atoms with Crippen molar-refractivity contribution in [3.63, 3.8) is 0 Å². The molecule has 5 nitrogen and oxygen atoms in total. The molecule has 1 unspecified atom stereocenters. The molecule has 0 aliphatic heterocycles. The van der Waals surface area contributed by atoms with Gasteiger partial charge in [-0.3, -0.25) is 0 Å². The molecule has 0 saturated carbocycles. The van der Waals surface area contributed by atoms with Crippen molar-refractivity contribution < 1.29 is 18.6 Å². The summed E-state index contributed by atoms with van der Waals surface area (Å²) in [6.45, 7) is 2.13. The van der Waals surface area contributed by atoms with Gasteiger partial charge in [0.15, 0.2) is 0 Å². The molecule has 3 N–H and O–H groups in total.